The molecule has 1 aromatic rings. The van der Waals surface area contributed by atoms with Crippen LogP contribution in [0.15, 0.2) is 18.2 Å². The number of rotatable bonds is 2. The van der Waals surface area contributed by atoms with E-state index in [-0.39, 0.29) is 0 Å². The van der Waals surface area contributed by atoms with Gasteiger partial charge in [0.15, 0.2) is 0 Å². The first kappa shape index (κ1) is 10.2. The maximum Gasteiger partial charge on any atom is 0.139 e. The van der Waals surface area contributed by atoms with Crippen molar-refractivity contribution in [2.45, 2.75) is 12.1 Å². The number of benzene rings is 1. The van der Waals surface area contributed by atoms with E-state index < -0.39 is 5.67 Å². The summed E-state index contributed by atoms with van der Waals surface area (Å²) < 4.78 is 13.8. The molecule has 1 heterocycles. The van der Waals surface area contributed by atoms with Crippen molar-refractivity contribution in [3.63, 3.8) is 0 Å². The third-order valence-electron chi connectivity index (χ3n) is 2.44. The molecule has 4 heteroatoms. The minimum atomic E-state index is -1.17. The van der Waals surface area contributed by atoms with Gasteiger partial charge in [-0.1, -0.05) is 29.3 Å². The highest BCUT2D eigenvalue weighted by molar-refractivity contribution is 6.36. The standard InChI is InChI=1S/C10H10Cl2FN/c11-8-2-1-3-9(12)7(8)4-10(13)5-14-6-10/h1-3,14H,4-6H2. The van der Waals surface area contributed by atoms with Crippen molar-refractivity contribution < 1.29 is 4.39 Å². The van der Waals surface area contributed by atoms with E-state index >= 15 is 0 Å². The van der Waals surface area contributed by atoms with Crippen LogP contribution in [0.2, 0.25) is 10.0 Å². The molecule has 0 aromatic heterocycles. The Morgan fingerprint density at radius 1 is 1.29 bits per heavy atom. The molecule has 2 rings (SSSR count). The molecule has 1 aliphatic heterocycles. The highest BCUT2D eigenvalue weighted by Crippen LogP contribution is 2.31. The van der Waals surface area contributed by atoms with E-state index in [0.717, 1.165) is 0 Å². The molecular weight excluding hydrogens is 224 g/mol. The summed E-state index contributed by atoms with van der Waals surface area (Å²) in [5.74, 6) is 0. The Bertz CT molecular complexity index is 330. The second kappa shape index (κ2) is 3.69. The topological polar surface area (TPSA) is 12.0 Å². The molecule has 76 valence electrons. The van der Waals surface area contributed by atoms with Crippen LogP contribution in [0.5, 0.6) is 0 Å². The first-order chi connectivity index (χ1) is 6.61. The lowest BCUT2D eigenvalue weighted by molar-refractivity contribution is 0.0912. The fourth-order valence-electron chi connectivity index (χ4n) is 1.54. The van der Waals surface area contributed by atoms with E-state index in [2.05, 4.69) is 5.32 Å². The van der Waals surface area contributed by atoms with Gasteiger partial charge in [0.05, 0.1) is 0 Å². The predicted octanol–water partition coefficient (Wildman–Crippen LogP) is 2.85. The fraction of sp³-hybridized carbons (Fsp3) is 0.400. The Balaban J connectivity index is 2.23. The predicted molar refractivity (Wildman–Crippen MR) is 56.9 cm³/mol. The molecule has 1 fully saturated rings. The highest BCUT2D eigenvalue weighted by Gasteiger charge is 2.37. The van der Waals surface area contributed by atoms with Crippen molar-refractivity contribution in [1.82, 2.24) is 5.32 Å². The number of hydrogen-bond acceptors (Lipinski definition) is 1. The van der Waals surface area contributed by atoms with Crippen LogP contribution in [0.4, 0.5) is 4.39 Å². The van der Waals surface area contributed by atoms with Gasteiger partial charge in [-0.25, -0.2) is 4.39 Å². The van der Waals surface area contributed by atoms with Gasteiger partial charge in [0.25, 0.3) is 0 Å². The molecule has 0 bridgehead atoms. The summed E-state index contributed by atoms with van der Waals surface area (Å²) in [7, 11) is 0. The summed E-state index contributed by atoms with van der Waals surface area (Å²) in [6.07, 6.45) is 0.290. The summed E-state index contributed by atoms with van der Waals surface area (Å²) in [6.45, 7) is 0.767. The highest BCUT2D eigenvalue weighted by atomic mass is 35.5. The fourth-order valence-corrected chi connectivity index (χ4v) is 2.07. The van der Waals surface area contributed by atoms with Gasteiger partial charge in [-0.15, -0.1) is 0 Å². The minimum Gasteiger partial charge on any atom is -0.310 e. The largest absolute Gasteiger partial charge is 0.310 e. The summed E-state index contributed by atoms with van der Waals surface area (Å²) in [4.78, 5) is 0. The van der Waals surface area contributed by atoms with Gasteiger partial charge >= 0.3 is 0 Å². The number of hydrogen-bond donors (Lipinski definition) is 1. The molecule has 0 atom stereocenters. The summed E-state index contributed by atoms with van der Waals surface area (Å²) in [5.41, 5.74) is -0.464. The molecule has 1 aliphatic rings. The van der Waals surface area contributed by atoms with Crippen LogP contribution in [0, 0.1) is 0 Å². The van der Waals surface area contributed by atoms with Crippen LogP contribution in [-0.4, -0.2) is 18.8 Å². The number of alkyl halides is 1. The monoisotopic (exact) mass is 233 g/mol. The zero-order chi connectivity index (χ0) is 10.2. The third-order valence-corrected chi connectivity index (χ3v) is 3.15. The quantitative estimate of drug-likeness (QED) is 0.829. The SMILES string of the molecule is FC1(Cc2c(Cl)cccc2Cl)CNC1. The smallest absolute Gasteiger partial charge is 0.139 e. The van der Waals surface area contributed by atoms with Crippen LogP contribution in [0.1, 0.15) is 5.56 Å². The molecule has 1 nitrogen and oxygen atoms in total. The second-order valence-corrected chi connectivity index (χ2v) is 4.45. The molecule has 1 N–H and O–H groups in total. The molecule has 1 aromatic carbocycles. The van der Waals surface area contributed by atoms with Gasteiger partial charge in [0.2, 0.25) is 0 Å². The van der Waals surface area contributed by atoms with Crippen LogP contribution in [0.25, 0.3) is 0 Å². The summed E-state index contributed by atoms with van der Waals surface area (Å²) in [6, 6.07) is 5.23. The van der Waals surface area contributed by atoms with Crippen LogP contribution in [-0.2, 0) is 6.42 Å². The maximum absolute atomic E-state index is 13.8. The van der Waals surface area contributed by atoms with Crippen LogP contribution in [0.3, 0.4) is 0 Å². The van der Waals surface area contributed by atoms with Crippen molar-refractivity contribution in [2.75, 3.05) is 13.1 Å². The second-order valence-electron chi connectivity index (χ2n) is 3.63. The van der Waals surface area contributed by atoms with Crippen LogP contribution >= 0.6 is 23.2 Å². The van der Waals surface area contributed by atoms with Gasteiger partial charge < -0.3 is 5.32 Å². The lowest BCUT2D eigenvalue weighted by Gasteiger charge is -2.35. The lowest BCUT2D eigenvalue weighted by Crippen LogP contribution is -2.57. The van der Waals surface area contributed by atoms with Gasteiger partial charge in [0.1, 0.15) is 5.67 Å². The van der Waals surface area contributed by atoms with Crippen molar-refractivity contribution in [3.05, 3.63) is 33.8 Å². The van der Waals surface area contributed by atoms with Gasteiger partial charge in [-0.2, -0.15) is 0 Å². The minimum absolute atomic E-state index is 0.290. The van der Waals surface area contributed by atoms with Crippen LogP contribution < -0.4 is 5.32 Å². The molecule has 14 heavy (non-hydrogen) atoms. The van der Waals surface area contributed by atoms with E-state index in [4.69, 9.17) is 23.2 Å². The van der Waals surface area contributed by atoms with Gasteiger partial charge in [-0.3, -0.25) is 0 Å². The Labute approximate surface area is 92.2 Å². The molecule has 0 spiro atoms. The molecular formula is C10H10Cl2FN. The summed E-state index contributed by atoms with van der Waals surface area (Å²) in [5, 5.41) is 3.99. The molecule has 0 radical (unpaired) electrons. The molecule has 0 aliphatic carbocycles. The van der Waals surface area contributed by atoms with Gasteiger partial charge in [0, 0.05) is 29.6 Å². The maximum atomic E-state index is 13.8. The summed E-state index contributed by atoms with van der Waals surface area (Å²) >= 11 is 11.9. The Morgan fingerprint density at radius 3 is 2.29 bits per heavy atom. The zero-order valence-electron chi connectivity index (χ0n) is 7.49. The Kier molecular flexibility index (Phi) is 2.69. The lowest BCUT2D eigenvalue weighted by atomic mass is 9.91. The normalized spacial score (nSPS) is 19.1. The van der Waals surface area contributed by atoms with Crippen molar-refractivity contribution in [1.29, 1.82) is 0 Å². The molecule has 0 unspecified atom stereocenters. The third kappa shape index (κ3) is 1.88. The first-order valence-electron chi connectivity index (χ1n) is 4.43. The Hall–Kier alpha value is -0.310. The van der Waals surface area contributed by atoms with E-state index in [1.807, 2.05) is 0 Å². The van der Waals surface area contributed by atoms with E-state index in [1.165, 1.54) is 0 Å². The molecule has 1 saturated heterocycles. The van der Waals surface area contributed by atoms with Gasteiger partial charge in [-0.05, 0) is 17.7 Å². The average molecular weight is 234 g/mol. The Morgan fingerprint density at radius 2 is 1.86 bits per heavy atom. The molecule has 0 amide bonds. The van der Waals surface area contributed by atoms with E-state index in [0.29, 0.717) is 35.1 Å². The van der Waals surface area contributed by atoms with Crippen molar-refractivity contribution in [3.8, 4) is 0 Å². The first-order valence-corrected chi connectivity index (χ1v) is 5.19. The van der Waals surface area contributed by atoms with Crippen molar-refractivity contribution in [2.24, 2.45) is 0 Å². The molecule has 0 saturated carbocycles. The zero-order valence-corrected chi connectivity index (χ0v) is 9.00. The van der Waals surface area contributed by atoms with E-state index in [9.17, 15) is 4.39 Å². The van der Waals surface area contributed by atoms with E-state index in [1.54, 1.807) is 18.2 Å². The average Bonchev–Trinajstić information content (AvgIpc) is 2.09. The number of halogens is 3. The number of nitrogens with one attached hydrogen (secondary N) is 1. The van der Waals surface area contributed by atoms with Crippen molar-refractivity contribution >= 4 is 23.2 Å².